The van der Waals surface area contributed by atoms with Crippen molar-refractivity contribution in [2.45, 2.75) is 18.9 Å². The minimum absolute atomic E-state index is 0.102. The van der Waals surface area contributed by atoms with Gasteiger partial charge in [0.05, 0.1) is 5.02 Å². The Labute approximate surface area is 135 Å². The number of halogens is 1. The number of rotatable bonds is 2. The molecule has 1 amide bonds. The highest BCUT2D eigenvalue weighted by Crippen LogP contribution is 2.42. The van der Waals surface area contributed by atoms with Crippen molar-refractivity contribution in [2.75, 3.05) is 7.05 Å². The Balaban J connectivity index is 1.74. The largest absolute Gasteiger partial charge is 0.418 e. The Bertz CT molecular complexity index is 873. The van der Waals surface area contributed by atoms with Crippen molar-refractivity contribution in [1.29, 1.82) is 0 Å². The van der Waals surface area contributed by atoms with Crippen molar-refractivity contribution in [3.63, 3.8) is 0 Å². The fourth-order valence-corrected chi connectivity index (χ4v) is 4.14. The van der Waals surface area contributed by atoms with Gasteiger partial charge >= 0.3 is 0 Å². The van der Waals surface area contributed by atoms with Gasteiger partial charge in [-0.05, 0) is 12.5 Å². The Morgan fingerprint density at radius 1 is 1.36 bits per heavy atom. The quantitative estimate of drug-likeness (QED) is 0.713. The summed E-state index contributed by atoms with van der Waals surface area (Å²) in [6.45, 7) is 0. The van der Waals surface area contributed by atoms with Crippen LogP contribution in [0.2, 0.25) is 5.02 Å². The number of fused-ring (bicyclic) bond motifs is 1. The zero-order valence-electron chi connectivity index (χ0n) is 11.7. The van der Waals surface area contributed by atoms with E-state index in [4.69, 9.17) is 16.0 Å². The molecule has 0 saturated carbocycles. The third-order valence-corrected chi connectivity index (χ3v) is 5.61. The third kappa shape index (κ3) is 2.02. The molecular formula is C15H12ClN3O2S. The second-order valence-electron chi connectivity index (χ2n) is 5.25. The summed E-state index contributed by atoms with van der Waals surface area (Å²) >= 11 is 7.96. The Morgan fingerprint density at radius 3 is 2.91 bits per heavy atom. The first-order chi connectivity index (χ1) is 10.6. The van der Waals surface area contributed by atoms with Gasteiger partial charge in [-0.3, -0.25) is 4.79 Å². The number of aromatic nitrogens is 2. The Kier molecular flexibility index (Phi) is 3.16. The van der Waals surface area contributed by atoms with Gasteiger partial charge in [0.1, 0.15) is 10.9 Å². The van der Waals surface area contributed by atoms with Crippen molar-refractivity contribution in [1.82, 2.24) is 15.1 Å². The van der Waals surface area contributed by atoms with Crippen LogP contribution in [0.4, 0.5) is 0 Å². The molecule has 1 saturated heterocycles. The van der Waals surface area contributed by atoms with Gasteiger partial charge in [0.15, 0.2) is 0 Å². The molecule has 0 N–H and O–H groups in total. The van der Waals surface area contributed by atoms with Crippen molar-refractivity contribution >= 4 is 38.9 Å². The van der Waals surface area contributed by atoms with E-state index in [0.29, 0.717) is 29.6 Å². The molecule has 0 spiro atoms. The zero-order chi connectivity index (χ0) is 15.3. The van der Waals surface area contributed by atoms with Gasteiger partial charge in [-0.2, -0.15) is 0 Å². The average Bonchev–Trinajstić information content (AvgIpc) is 3.20. The predicted octanol–water partition coefficient (Wildman–Crippen LogP) is 3.90. The van der Waals surface area contributed by atoms with E-state index in [9.17, 15) is 4.79 Å². The van der Waals surface area contributed by atoms with Crippen LogP contribution in [-0.4, -0.2) is 28.1 Å². The molecule has 2 aromatic heterocycles. The zero-order valence-corrected chi connectivity index (χ0v) is 13.3. The summed E-state index contributed by atoms with van der Waals surface area (Å²) in [5, 5.41) is 9.84. The highest BCUT2D eigenvalue weighted by Gasteiger charge is 2.33. The number of amides is 1. The Morgan fingerprint density at radius 2 is 2.18 bits per heavy atom. The molecule has 1 atom stereocenters. The molecule has 0 unspecified atom stereocenters. The maximum atomic E-state index is 11.6. The second-order valence-corrected chi connectivity index (χ2v) is 6.68. The summed E-state index contributed by atoms with van der Waals surface area (Å²) in [5.74, 6) is 0.982. The molecule has 1 fully saturated rings. The number of thiophene rings is 1. The molecule has 0 aliphatic carbocycles. The summed E-state index contributed by atoms with van der Waals surface area (Å²) < 4.78 is 6.87. The molecule has 1 aliphatic rings. The van der Waals surface area contributed by atoms with Gasteiger partial charge in [-0.15, -0.1) is 21.5 Å². The van der Waals surface area contributed by atoms with Gasteiger partial charge in [0.25, 0.3) is 5.89 Å². The van der Waals surface area contributed by atoms with E-state index in [1.54, 1.807) is 11.9 Å². The van der Waals surface area contributed by atoms with E-state index < -0.39 is 0 Å². The van der Waals surface area contributed by atoms with Crippen LogP contribution in [-0.2, 0) is 4.79 Å². The van der Waals surface area contributed by atoms with Gasteiger partial charge in [-0.25, -0.2) is 0 Å². The fourth-order valence-electron chi connectivity index (χ4n) is 2.71. The average molecular weight is 334 g/mol. The van der Waals surface area contributed by atoms with E-state index in [-0.39, 0.29) is 11.9 Å². The lowest BCUT2D eigenvalue weighted by molar-refractivity contribution is -0.127. The number of hydrogen-bond acceptors (Lipinski definition) is 5. The first-order valence-corrected chi connectivity index (χ1v) is 8.11. The minimum Gasteiger partial charge on any atom is -0.418 e. The Hall–Kier alpha value is -1.92. The normalized spacial score (nSPS) is 18.5. The second kappa shape index (κ2) is 5.07. The minimum atomic E-state index is -0.137. The number of benzene rings is 1. The molecule has 112 valence electrons. The molecule has 0 radical (unpaired) electrons. The predicted molar refractivity (Wildman–Crippen MR) is 84.9 cm³/mol. The monoisotopic (exact) mass is 333 g/mol. The summed E-state index contributed by atoms with van der Waals surface area (Å²) in [5.41, 5.74) is 0. The van der Waals surface area contributed by atoms with E-state index in [2.05, 4.69) is 10.2 Å². The van der Waals surface area contributed by atoms with Crippen LogP contribution >= 0.6 is 22.9 Å². The van der Waals surface area contributed by atoms with E-state index in [1.165, 1.54) is 11.3 Å². The van der Waals surface area contributed by atoms with Crippen LogP contribution in [0.25, 0.3) is 20.9 Å². The van der Waals surface area contributed by atoms with Crippen molar-refractivity contribution < 1.29 is 9.21 Å². The summed E-state index contributed by atoms with van der Waals surface area (Å²) in [7, 11) is 1.76. The fraction of sp³-hybridized carbons (Fsp3) is 0.267. The van der Waals surface area contributed by atoms with Crippen molar-refractivity contribution in [3.8, 4) is 10.8 Å². The number of nitrogens with zero attached hydrogens (tertiary/aromatic N) is 3. The van der Waals surface area contributed by atoms with Gasteiger partial charge in [0.2, 0.25) is 11.8 Å². The molecule has 0 bridgehead atoms. The first-order valence-electron chi connectivity index (χ1n) is 6.91. The van der Waals surface area contributed by atoms with Gasteiger partial charge < -0.3 is 9.32 Å². The van der Waals surface area contributed by atoms with Crippen LogP contribution < -0.4 is 0 Å². The summed E-state index contributed by atoms with van der Waals surface area (Å²) in [6, 6.07) is 7.76. The lowest BCUT2D eigenvalue weighted by Gasteiger charge is -2.15. The lowest BCUT2D eigenvalue weighted by atomic mass is 10.2. The van der Waals surface area contributed by atoms with Crippen LogP contribution in [0.1, 0.15) is 24.8 Å². The lowest BCUT2D eigenvalue weighted by Crippen LogP contribution is -2.22. The molecule has 7 heteroatoms. The standard InChI is InChI=1S/C15H12ClN3O2S/c1-19-9(6-7-11(19)20)14-17-18-15(21-14)13-12(16)8-4-2-3-5-10(8)22-13/h2-5,9H,6-7H2,1H3/t9-/m1/s1. The van der Waals surface area contributed by atoms with Crippen LogP contribution in [0, 0.1) is 0 Å². The number of carbonyl (C=O) groups excluding carboxylic acids is 1. The van der Waals surface area contributed by atoms with Gasteiger partial charge in [0, 0.05) is 23.6 Å². The SMILES string of the molecule is CN1C(=O)CC[C@@H]1c1nnc(-c2sc3ccccc3c2Cl)o1. The third-order valence-electron chi connectivity index (χ3n) is 3.95. The van der Waals surface area contributed by atoms with E-state index in [0.717, 1.165) is 15.0 Å². The van der Waals surface area contributed by atoms with E-state index >= 15 is 0 Å². The maximum Gasteiger partial charge on any atom is 0.259 e. The molecule has 1 aromatic carbocycles. The van der Waals surface area contributed by atoms with Crippen LogP contribution in [0.3, 0.4) is 0 Å². The van der Waals surface area contributed by atoms with E-state index in [1.807, 2.05) is 24.3 Å². The molecule has 3 aromatic rings. The molecule has 4 rings (SSSR count). The number of hydrogen-bond donors (Lipinski definition) is 0. The highest BCUT2D eigenvalue weighted by atomic mass is 35.5. The molecule has 5 nitrogen and oxygen atoms in total. The summed E-state index contributed by atoms with van der Waals surface area (Å²) in [4.78, 5) is 14.1. The van der Waals surface area contributed by atoms with Crippen molar-refractivity contribution in [2.24, 2.45) is 0 Å². The highest BCUT2D eigenvalue weighted by molar-refractivity contribution is 7.23. The van der Waals surface area contributed by atoms with Crippen LogP contribution in [0.5, 0.6) is 0 Å². The maximum absolute atomic E-state index is 11.6. The number of carbonyl (C=O) groups is 1. The topological polar surface area (TPSA) is 59.2 Å². The molecular weight excluding hydrogens is 322 g/mol. The van der Waals surface area contributed by atoms with Crippen molar-refractivity contribution in [3.05, 3.63) is 35.2 Å². The molecule has 1 aliphatic heterocycles. The van der Waals surface area contributed by atoms with Crippen LogP contribution in [0.15, 0.2) is 28.7 Å². The molecule has 3 heterocycles. The smallest absolute Gasteiger partial charge is 0.259 e. The number of likely N-dealkylation sites (tertiary alicyclic amines) is 1. The summed E-state index contributed by atoms with van der Waals surface area (Å²) in [6.07, 6.45) is 1.22. The van der Waals surface area contributed by atoms with Gasteiger partial charge in [-0.1, -0.05) is 29.8 Å². The molecule has 22 heavy (non-hydrogen) atoms. The first kappa shape index (κ1) is 13.7.